The van der Waals surface area contributed by atoms with E-state index in [0.717, 1.165) is 19.5 Å². The van der Waals surface area contributed by atoms with Crippen LogP contribution < -0.4 is 11.1 Å². The summed E-state index contributed by atoms with van der Waals surface area (Å²) in [6, 6.07) is 1.89. The Hall–Kier alpha value is -1.82. The SMILES string of the molecule is COC(=O)c1cc(N)cnc1NC1CCN(C)CC1C. The van der Waals surface area contributed by atoms with Crippen molar-refractivity contribution in [2.24, 2.45) is 5.92 Å². The van der Waals surface area contributed by atoms with Crippen molar-refractivity contribution in [3.63, 3.8) is 0 Å². The van der Waals surface area contributed by atoms with Gasteiger partial charge in [0.15, 0.2) is 0 Å². The van der Waals surface area contributed by atoms with Crippen molar-refractivity contribution in [2.45, 2.75) is 19.4 Å². The lowest BCUT2D eigenvalue weighted by atomic mass is 9.94. The molecule has 2 rings (SSSR count). The molecule has 6 heteroatoms. The van der Waals surface area contributed by atoms with Gasteiger partial charge in [-0.2, -0.15) is 0 Å². The van der Waals surface area contributed by atoms with Crippen LogP contribution in [0.5, 0.6) is 0 Å². The molecular weight excluding hydrogens is 256 g/mol. The van der Waals surface area contributed by atoms with Gasteiger partial charge in [0, 0.05) is 12.6 Å². The molecule has 2 atom stereocenters. The number of likely N-dealkylation sites (tertiary alicyclic amines) is 1. The number of methoxy groups -OCH3 is 1. The largest absolute Gasteiger partial charge is 0.465 e. The first-order valence-corrected chi connectivity index (χ1v) is 6.80. The highest BCUT2D eigenvalue weighted by atomic mass is 16.5. The van der Waals surface area contributed by atoms with Crippen LogP contribution in [0.25, 0.3) is 0 Å². The summed E-state index contributed by atoms with van der Waals surface area (Å²) in [4.78, 5) is 18.3. The summed E-state index contributed by atoms with van der Waals surface area (Å²) in [6.45, 7) is 4.26. The minimum atomic E-state index is -0.423. The Morgan fingerprint density at radius 2 is 2.35 bits per heavy atom. The molecule has 0 radical (unpaired) electrons. The average Bonchev–Trinajstić information content (AvgIpc) is 2.42. The number of piperidine rings is 1. The van der Waals surface area contributed by atoms with Crippen molar-refractivity contribution in [2.75, 3.05) is 38.3 Å². The van der Waals surface area contributed by atoms with Crippen LogP contribution in [0, 0.1) is 5.92 Å². The Morgan fingerprint density at radius 3 is 3.00 bits per heavy atom. The van der Waals surface area contributed by atoms with Gasteiger partial charge in [0.2, 0.25) is 0 Å². The van der Waals surface area contributed by atoms with E-state index in [0.29, 0.717) is 29.0 Å². The van der Waals surface area contributed by atoms with Gasteiger partial charge in [0.05, 0.1) is 19.0 Å². The van der Waals surface area contributed by atoms with Crippen molar-refractivity contribution in [3.8, 4) is 0 Å². The quantitative estimate of drug-likeness (QED) is 0.809. The first kappa shape index (κ1) is 14.6. The average molecular weight is 278 g/mol. The van der Waals surface area contributed by atoms with Crippen molar-refractivity contribution < 1.29 is 9.53 Å². The number of hydrogen-bond donors (Lipinski definition) is 2. The topological polar surface area (TPSA) is 80.5 Å². The van der Waals surface area contributed by atoms with Gasteiger partial charge in [0.25, 0.3) is 0 Å². The molecule has 1 saturated heterocycles. The number of ether oxygens (including phenoxy) is 1. The molecule has 0 aliphatic carbocycles. The molecular formula is C14H22N4O2. The summed E-state index contributed by atoms with van der Waals surface area (Å²) in [7, 11) is 3.47. The van der Waals surface area contributed by atoms with E-state index in [-0.39, 0.29) is 0 Å². The van der Waals surface area contributed by atoms with Gasteiger partial charge in [0.1, 0.15) is 11.4 Å². The predicted molar refractivity (Wildman–Crippen MR) is 78.7 cm³/mol. The van der Waals surface area contributed by atoms with Crippen molar-refractivity contribution >= 4 is 17.5 Å². The van der Waals surface area contributed by atoms with Crippen molar-refractivity contribution in [1.29, 1.82) is 0 Å². The number of anilines is 2. The third kappa shape index (κ3) is 3.19. The Balaban J connectivity index is 2.18. The zero-order valence-corrected chi connectivity index (χ0v) is 12.2. The number of pyridine rings is 1. The van der Waals surface area contributed by atoms with Gasteiger partial charge in [-0.05, 0) is 32.0 Å². The zero-order valence-electron chi connectivity index (χ0n) is 12.2. The van der Waals surface area contributed by atoms with Gasteiger partial charge in [-0.25, -0.2) is 9.78 Å². The summed E-state index contributed by atoms with van der Waals surface area (Å²) >= 11 is 0. The van der Waals surface area contributed by atoms with E-state index >= 15 is 0 Å². The van der Waals surface area contributed by atoms with E-state index < -0.39 is 5.97 Å². The highest BCUT2D eigenvalue weighted by molar-refractivity contribution is 5.95. The van der Waals surface area contributed by atoms with Crippen LogP contribution in [0.1, 0.15) is 23.7 Å². The molecule has 1 aliphatic rings. The van der Waals surface area contributed by atoms with E-state index in [1.165, 1.54) is 7.11 Å². The van der Waals surface area contributed by atoms with Crippen LogP contribution in [0.3, 0.4) is 0 Å². The molecule has 3 N–H and O–H groups in total. The van der Waals surface area contributed by atoms with Gasteiger partial charge < -0.3 is 20.7 Å². The molecule has 2 unspecified atom stereocenters. The standard InChI is InChI=1S/C14H22N4O2/c1-9-8-18(2)5-4-12(9)17-13-11(14(19)20-3)6-10(15)7-16-13/h6-7,9,12H,4-5,8,15H2,1-3H3,(H,16,17). The number of carbonyl (C=O) groups excluding carboxylic acids is 1. The minimum Gasteiger partial charge on any atom is -0.465 e. The van der Waals surface area contributed by atoms with E-state index in [2.05, 4.69) is 29.2 Å². The summed E-state index contributed by atoms with van der Waals surface area (Å²) in [5.41, 5.74) is 6.53. The highest BCUT2D eigenvalue weighted by Crippen LogP contribution is 2.23. The van der Waals surface area contributed by atoms with Crippen LogP contribution in [0.2, 0.25) is 0 Å². The number of hydrogen-bond acceptors (Lipinski definition) is 6. The Bertz CT molecular complexity index is 492. The number of esters is 1. The molecule has 2 heterocycles. The first-order chi connectivity index (χ1) is 9.51. The van der Waals surface area contributed by atoms with Crippen LogP contribution in [-0.4, -0.2) is 49.1 Å². The normalized spacial score (nSPS) is 23.4. The van der Waals surface area contributed by atoms with E-state index in [4.69, 9.17) is 10.5 Å². The zero-order chi connectivity index (χ0) is 14.7. The predicted octanol–water partition coefficient (Wildman–Crippen LogP) is 1.20. The molecule has 0 spiro atoms. The first-order valence-electron chi connectivity index (χ1n) is 6.80. The number of rotatable bonds is 3. The van der Waals surface area contributed by atoms with Gasteiger partial charge in [-0.1, -0.05) is 6.92 Å². The summed E-state index contributed by atoms with van der Waals surface area (Å²) in [5, 5.41) is 3.37. The molecule has 0 amide bonds. The Morgan fingerprint density at radius 1 is 1.60 bits per heavy atom. The summed E-state index contributed by atoms with van der Waals surface area (Å²) < 4.78 is 4.78. The molecule has 0 bridgehead atoms. The van der Waals surface area contributed by atoms with Gasteiger partial charge in [-0.3, -0.25) is 0 Å². The van der Waals surface area contributed by atoms with E-state index in [9.17, 15) is 4.79 Å². The lowest BCUT2D eigenvalue weighted by molar-refractivity contribution is 0.0601. The third-order valence-corrected chi connectivity index (χ3v) is 3.74. The second-order valence-corrected chi connectivity index (χ2v) is 5.44. The number of nitrogens with one attached hydrogen (secondary N) is 1. The van der Waals surface area contributed by atoms with E-state index in [1.807, 2.05) is 0 Å². The minimum absolute atomic E-state index is 0.297. The molecule has 1 aliphatic heterocycles. The maximum absolute atomic E-state index is 11.8. The van der Waals surface area contributed by atoms with Crippen LogP contribution in [0.15, 0.2) is 12.3 Å². The lowest BCUT2D eigenvalue weighted by Gasteiger charge is -2.35. The number of nitrogens with zero attached hydrogens (tertiary/aromatic N) is 2. The number of nitrogens with two attached hydrogens (primary N) is 1. The maximum Gasteiger partial charge on any atom is 0.341 e. The van der Waals surface area contributed by atoms with Crippen molar-refractivity contribution in [1.82, 2.24) is 9.88 Å². The summed E-state index contributed by atoms with van der Waals surface area (Å²) in [5.74, 6) is 0.610. The molecule has 0 aromatic carbocycles. The number of nitrogen functional groups attached to an aromatic ring is 1. The second kappa shape index (κ2) is 6.09. The number of carbonyl (C=O) groups is 1. The molecule has 1 aromatic rings. The van der Waals surface area contributed by atoms with E-state index in [1.54, 1.807) is 12.3 Å². The fourth-order valence-electron chi connectivity index (χ4n) is 2.61. The summed E-state index contributed by atoms with van der Waals surface area (Å²) in [6.07, 6.45) is 2.57. The van der Waals surface area contributed by atoms with Gasteiger partial charge >= 0.3 is 5.97 Å². The molecule has 1 aromatic heterocycles. The van der Waals surface area contributed by atoms with Crippen LogP contribution in [0.4, 0.5) is 11.5 Å². The molecule has 20 heavy (non-hydrogen) atoms. The van der Waals surface area contributed by atoms with Crippen LogP contribution >= 0.6 is 0 Å². The number of aromatic nitrogens is 1. The fourth-order valence-corrected chi connectivity index (χ4v) is 2.61. The third-order valence-electron chi connectivity index (χ3n) is 3.74. The molecule has 6 nitrogen and oxygen atoms in total. The van der Waals surface area contributed by atoms with Crippen molar-refractivity contribution in [3.05, 3.63) is 17.8 Å². The van der Waals surface area contributed by atoms with Gasteiger partial charge in [-0.15, -0.1) is 0 Å². The lowest BCUT2D eigenvalue weighted by Crippen LogP contribution is -2.43. The molecule has 1 fully saturated rings. The maximum atomic E-state index is 11.8. The second-order valence-electron chi connectivity index (χ2n) is 5.44. The monoisotopic (exact) mass is 278 g/mol. The molecule has 0 saturated carbocycles. The fraction of sp³-hybridized carbons (Fsp3) is 0.571. The van der Waals surface area contributed by atoms with Crippen LogP contribution in [-0.2, 0) is 4.74 Å². The Kier molecular flexibility index (Phi) is 4.44. The highest BCUT2D eigenvalue weighted by Gasteiger charge is 2.26. The Labute approximate surface area is 119 Å². The molecule has 110 valence electrons. The smallest absolute Gasteiger partial charge is 0.341 e.